The Hall–Kier alpha value is -0.0400. The Morgan fingerprint density at radius 2 is 0.500 bits per heavy atom. The summed E-state index contributed by atoms with van der Waals surface area (Å²) in [6.07, 6.45) is 21.8. The summed E-state index contributed by atoms with van der Waals surface area (Å²) in [6.45, 7) is 35.1. The molecule has 264 valence electrons. The maximum atomic E-state index is 9.67. The van der Waals surface area contributed by atoms with Crippen molar-refractivity contribution in [2.45, 2.75) is 212 Å². The molecule has 0 amide bonds. The van der Waals surface area contributed by atoms with E-state index >= 15 is 0 Å². The van der Waals surface area contributed by atoms with Crippen molar-refractivity contribution in [3.8, 4) is 0 Å². The molecule has 0 bridgehead atoms. The molecule has 0 atom stereocenters. The highest BCUT2D eigenvalue weighted by molar-refractivity contribution is 4.83. The van der Waals surface area contributed by atoms with E-state index < -0.39 is 0 Å². The Balaban J connectivity index is 0.000000293. The summed E-state index contributed by atoms with van der Waals surface area (Å²) in [7, 11) is 0. The zero-order chi connectivity index (χ0) is 33.9. The molecule has 44 heavy (non-hydrogen) atoms. The molecule has 0 saturated heterocycles. The topological polar surface area (TPSA) is 20.2 Å². The van der Waals surface area contributed by atoms with Crippen LogP contribution >= 0.6 is 0 Å². The standard InChI is InChI=1S/3C11H22.C10H20O/c3*1-9(2)10-5-7-11(3,4)8-6-10;1-8(2)9-4-6-10(3,11)7-5-9/h3*9-10H,5-8H2,1-4H3;8-9,11H,4-7H2,1-3H3. The van der Waals surface area contributed by atoms with Crippen LogP contribution in [0.4, 0.5) is 0 Å². The van der Waals surface area contributed by atoms with Gasteiger partial charge in [0.15, 0.2) is 0 Å². The summed E-state index contributed by atoms with van der Waals surface area (Å²) in [5, 5.41) is 9.67. The second kappa shape index (κ2) is 18.5. The summed E-state index contributed by atoms with van der Waals surface area (Å²) in [5.74, 6) is 7.43. The van der Waals surface area contributed by atoms with Crippen LogP contribution < -0.4 is 0 Å². The van der Waals surface area contributed by atoms with Gasteiger partial charge < -0.3 is 5.11 Å². The van der Waals surface area contributed by atoms with E-state index in [1.807, 2.05) is 6.92 Å². The van der Waals surface area contributed by atoms with Crippen molar-refractivity contribution in [2.75, 3.05) is 0 Å². The van der Waals surface area contributed by atoms with E-state index in [-0.39, 0.29) is 5.60 Å². The van der Waals surface area contributed by atoms with E-state index in [1.165, 1.54) is 89.9 Å². The van der Waals surface area contributed by atoms with Gasteiger partial charge in [0.05, 0.1) is 5.60 Å². The van der Waals surface area contributed by atoms with E-state index in [1.54, 1.807) is 0 Å². The maximum Gasteiger partial charge on any atom is 0.0620 e. The smallest absolute Gasteiger partial charge is 0.0620 e. The van der Waals surface area contributed by atoms with Crippen molar-refractivity contribution >= 4 is 0 Å². The van der Waals surface area contributed by atoms with Crippen molar-refractivity contribution in [3.05, 3.63) is 0 Å². The largest absolute Gasteiger partial charge is 0.390 e. The molecule has 4 aliphatic carbocycles. The number of aliphatic hydroxyl groups is 1. The van der Waals surface area contributed by atoms with Crippen LogP contribution in [0.1, 0.15) is 207 Å². The Kier molecular flexibility index (Phi) is 17.6. The third-order valence-corrected chi connectivity index (χ3v) is 13.0. The summed E-state index contributed by atoms with van der Waals surface area (Å²) in [6, 6.07) is 0. The Labute approximate surface area is 280 Å². The molecule has 0 aromatic carbocycles. The summed E-state index contributed by atoms with van der Waals surface area (Å²) in [5.41, 5.74) is 1.58. The number of hydrogen-bond donors (Lipinski definition) is 1. The third-order valence-electron chi connectivity index (χ3n) is 13.0. The highest BCUT2D eigenvalue weighted by Gasteiger charge is 2.31. The summed E-state index contributed by atoms with van der Waals surface area (Å²) >= 11 is 0. The molecule has 1 heteroatoms. The molecular formula is C43H86O. The summed E-state index contributed by atoms with van der Waals surface area (Å²) in [4.78, 5) is 0. The van der Waals surface area contributed by atoms with Crippen molar-refractivity contribution in [3.63, 3.8) is 0 Å². The zero-order valence-electron chi connectivity index (χ0n) is 33.4. The summed E-state index contributed by atoms with van der Waals surface area (Å²) < 4.78 is 0. The first kappa shape index (κ1) is 42.0. The van der Waals surface area contributed by atoms with Crippen LogP contribution in [0.15, 0.2) is 0 Å². The molecule has 0 aromatic rings. The van der Waals surface area contributed by atoms with Gasteiger partial charge in [-0.3, -0.25) is 0 Å². The number of hydrogen-bond acceptors (Lipinski definition) is 1. The van der Waals surface area contributed by atoms with Crippen LogP contribution in [0.3, 0.4) is 0 Å². The van der Waals surface area contributed by atoms with Crippen molar-refractivity contribution in [2.24, 2.45) is 63.6 Å². The fourth-order valence-electron chi connectivity index (χ4n) is 8.19. The maximum absolute atomic E-state index is 9.67. The van der Waals surface area contributed by atoms with Crippen LogP contribution in [0.5, 0.6) is 0 Å². The average molecular weight is 619 g/mol. The molecule has 0 aromatic heterocycles. The molecule has 0 aliphatic heterocycles. The number of rotatable bonds is 4. The Bertz CT molecular complexity index is 583. The van der Waals surface area contributed by atoms with Gasteiger partial charge in [0.25, 0.3) is 0 Å². The van der Waals surface area contributed by atoms with Gasteiger partial charge in [0.1, 0.15) is 0 Å². The van der Waals surface area contributed by atoms with Crippen LogP contribution in [0, 0.1) is 63.6 Å². The normalized spacial score (nSPS) is 29.3. The van der Waals surface area contributed by atoms with Crippen molar-refractivity contribution < 1.29 is 5.11 Å². The van der Waals surface area contributed by atoms with Crippen LogP contribution in [0.25, 0.3) is 0 Å². The molecule has 1 N–H and O–H groups in total. The van der Waals surface area contributed by atoms with E-state index in [9.17, 15) is 5.11 Å². The minimum atomic E-state index is -0.356. The van der Waals surface area contributed by atoms with Gasteiger partial charge in [-0.1, -0.05) is 96.9 Å². The van der Waals surface area contributed by atoms with Crippen LogP contribution in [-0.4, -0.2) is 10.7 Å². The van der Waals surface area contributed by atoms with Gasteiger partial charge in [-0.25, -0.2) is 0 Å². The zero-order valence-corrected chi connectivity index (χ0v) is 33.4. The minimum Gasteiger partial charge on any atom is -0.390 e. The SMILES string of the molecule is CC(C)C1CCC(C)(C)CC1.CC(C)C1CCC(C)(C)CC1.CC(C)C1CCC(C)(C)CC1.CC(C)C1CCC(C)(O)CC1. The molecule has 0 radical (unpaired) electrons. The van der Waals surface area contributed by atoms with Crippen LogP contribution in [-0.2, 0) is 0 Å². The van der Waals surface area contributed by atoms with Gasteiger partial charge in [-0.15, -0.1) is 0 Å². The lowest BCUT2D eigenvalue weighted by molar-refractivity contribution is 0.00161. The lowest BCUT2D eigenvalue weighted by atomic mass is 9.70. The first-order valence-electron chi connectivity index (χ1n) is 19.8. The molecule has 4 aliphatic rings. The molecule has 0 heterocycles. The van der Waals surface area contributed by atoms with Gasteiger partial charge in [0, 0.05) is 0 Å². The second-order valence-corrected chi connectivity index (χ2v) is 20.3. The molecular weight excluding hydrogens is 532 g/mol. The Morgan fingerprint density at radius 1 is 0.341 bits per heavy atom. The highest BCUT2D eigenvalue weighted by atomic mass is 16.3. The van der Waals surface area contributed by atoms with E-state index in [2.05, 4.69) is 96.9 Å². The molecule has 1 nitrogen and oxygen atoms in total. The predicted molar refractivity (Wildman–Crippen MR) is 199 cm³/mol. The quantitative estimate of drug-likeness (QED) is 0.332. The van der Waals surface area contributed by atoms with E-state index in [4.69, 9.17) is 0 Å². The predicted octanol–water partition coefficient (Wildman–Crippen LogP) is 14.2. The average Bonchev–Trinajstić information content (AvgIpc) is 2.89. The molecule has 0 unspecified atom stereocenters. The van der Waals surface area contributed by atoms with Crippen molar-refractivity contribution in [1.82, 2.24) is 0 Å². The first-order chi connectivity index (χ1) is 20.0. The Morgan fingerprint density at radius 3 is 0.659 bits per heavy atom. The minimum absolute atomic E-state index is 0.356. The lowest BCUT2D eigenvalue weighted by Crippen LogP contribution is -2.31. The fraction of sp³-hybridized carbons (Fsp3) is 1.00. The first-order valence-corrected chi connectivity index (χ1v) is 19.8. The van der Waals surface area contributed by atoms with E-state index in [0.717, 1.165) is 60.2 Å². The van der Waals surface area contributed by atoms with E-state index in [0.29, 0.717) is 16.2 Å². The van der Waals surface area contributed by atoms with Gasteiger partial charge in [-0.2, -0.15) is 0 Å². The molecule has 0 spiro atoms. The molecule has 4 saturated carbocycles. The van der Waals surface area contributed by atoms with Gasteiger partial charge >= 0.3 is 0 Å². The highest BCUT2D eigenvalue weighted by Crippen LogP contribution is 2.42. The lowest BCUT2D eigenvalue weighted by Gasteiger charge is -2.36. The van der Waals surface area contributed by atoms with Crippen molar-refractivity contribution in [1.29, 1.82) is 0 Å². The van der Waals surface area contributed by atoms with Gasteiger partial charge in [0.2, 0.25) is 0 Å². The molecule has 4 fully saturated rings. The van der Waals surface area contributed by atoms with Crippen LogP contribution in [0.2, 0.25) is 0 Å². The fourth-order valence-corrected chi connectivity index (χ4v) is 8.19. The third kappa shape index (κ3) is 17.2. The monoisotopic (exact) mass is 619 g/mol. The molecule has 4 rings (SSSR count). The van der Waals surface area contributed by atoms with Gasteiger partial charge in [-0.05, 0) is 173 Å². The second-order valence-electron chi connectivity index (χ2n) is 20.3.